The first-order valence-electron chi connectivity index (χ1n) is 6.56. The van der Waals surface area contributed by atoms with Crippen LogP contribution >= 0.6 is 0 Å². The number of ether oxygens (including phenoxy) is 2. The van der Waals surface area contributed by atoms with Gasteiger partial charge in [0, 0.05) is 11.1 Å². The Morgan fingerprint density at radius 3 is 2.10 bits per heavy atom. The normalized spacial score (nSPS) is 10.3. The molecule has 0 fully saturated rings. The first-order valence-corrected chi connectivity index (χ1v) is 6.56. The van der Waals surface area contributed by atoms with Crippen molar-refractivity contribution < 1.29 is 14.3 Å². The van der Waals surface area contributed by atoms with Gasteiger partial charge in [-0.3, -0.25) is 4.79 Å². The van der Waals surface area contributed by atoms with E-state index in [1.807, 2.05) is 32.0 Å². The van der Waals surface area contributed by atoms with Crippen LogP contribution in [0.1, 0.15) is 32.7 Å². The molecule has 110 valence electrons. The van der Waals surface area contributed by atoms with Crippen LogP contribution in [0.3, 0.4) is 0 Å². The maximum Gasteiger partial charge on any atom is 0.320 e. The number of aromatic nitrogens is 2. The maximum atomic E-state index is 12.7. The van der Waals surface area contributed by atoms with Crippen LogP contribution < -0.4 is 9.47 Å². The molecular formula is C16H18N2O3. The fourth-order valence-corrected chi connectivity index (χ4v) is 2.23. The fourth-order valence-electron chi connectivity index (χ4n) is 2.23. The van der Waals surface area contributed by atoms with E-state index in [0.717, 1.165) is 11.1 Å². The summed E-state index contributed by atoms with van der Waals surface area (Å²) in [5, 5.41) is 0. The maximum absolute atomic E-state index is 12.7. The number of carbonyl (C=O) groups is 1. The second-order valence-corrected chi connectivity index (χ2v) is 4.90. The van der Waals surface area contributed by atoms with Crippen LogP contribution in [-0.4, -0.2) is 30.0 Å². The third-order valence-electron chi connectivity index (χ3n) is 3.16. The van der Waals surface area contributed by atoms with Crippen molar-refractivity contribution in [2.24, 2.45) is 0 Å². The molecule has 0 saturated carbocycles. The zero-order chi connectivity index (χ0) is 15.6. The van der Waals surface area contributed by atoms with Crippen molar-refractivity contribution in [1.82, 2.24) is 9.97 Å². The van der Waals surface area contributed by atoms with Gasteiger partial charge in [-0.05, 0) is 32.9 Å². The Labute approximate surface area is 124 Å². The summed E-state index contributed by atoms with van der Waals surface area (Å²) in [7, 11) is 2.95. The Morgan fingerprint density at radius 2 is 1.57 bits per heavy atom. The highest BCUT2D eigenvalue weighted by Crippen LogP contribution is 2.23. The van der Waals surface area contributed by atoms with Crippen LogP contribution in [0.5, 0.6) is 11.9 Å². The van der Waals surface area contributed by atoms with Crippen molar-refractivity contribution >= 4 is 5.78 Å². The highest BCUT2D eigenvalue weighted by Gasteiger charge is 2.20. The molecule has 5 heteroatoms. The van der Waals surface area contributed by atoms with E-state index in [-0.39, 0.29) is 11.8 Å². The molecule has 1 aromatic carbocycles. The number of nitrogens with zero attached hydrogens (tertiary/aromatic N) is 2. The Kier molecular flexibility index (Phi) is 4.21. The number of hydrogen-bond acceptors (Lipinski definition) is 5. The van der Waals surface area contributed by atoms with Crippen molar-refractivity contribution in [3.8, 4) is 11.9 Å². The highest BCUT2D eigenvalue weighted by molar-refractivity contribution is 6.09. The molecule has 2 rings (SSSR count). The standard InChI is InChI=1S/C16H18N2O3/c1-9-6-10(2)8-12(7-9)14(19)13-11(3)15(20-4)18-16(17-13)21-5/h6-8H,1-5H3. The summed E-state index contributed by atoms with van der Waals surface area (Å²) in [4.78, 5) is 21.0. The van der Waals surface area contributed by atoms with Crippen molar-refractivity contribution in [3.05, 3.63) is 46.1 Å². The summed E-state index contributed by atoms with van der Waals surface area (Å²) in [6.45, 7) is 5.67. The van der Waals surface area contributed by atoms with E-state index in [4.69, 9.17) is 9.47 Å². The van der Waals surface area contributed by atoms with E-state index >= 15 is 0 Å². The molecule has 0 unspecified atom stereocenters. The van der Waals surface area contributed by atoms with Crippen LogP contribution in [0.25, 0.3) is 0 Å². The van der Waals surface area contributed by atoms with E-state index in [2.05, 4.69) is 9.97 Å². The molecule has 0 spiro atoms. The van der Waals surface area contributed by atoms with Gasteiger partial charge in [0.15, 0.2) is 0 Å². The minimum Gasteiger partial charge on any atom is -0.481 e. The van der Waals surface area contributed by atoms with Gasteiger partial charge in [0.25, 0.3) is 0 Å². The van der Waals surface area contributed by atoms with Gasteiger partial charge >= 0.3 is 6.01 Å². The van der Waals surface area contributed by atoms with Gasteiger partial charge in [-0.1, -0.05) is 17.2 Å². The predicted molar refractivity (Wildman–Crippen MR) is 79.2 cm³/mol. The molecule has 0 amide bonds. The molecule has 0 bridgehead atoms. The zero-order valence-corrected chi connectivity index (χ0v) is 12.9. The van der Waals surface area contributed by atoms with Crippen LogP contribution in [-0.2, 0) is 0 Å². The van der Waals surface area contributed by atoms with Crippen molar-refractivity contribution in [1.29, 1.82) is 0 Å². The minimum atomic E-state index is -0.168. The average Bonchev–Trinajstić information content (AvgIpc) is 2.45. The van der Waals surface area contributed by atoms with Gasteiger partial charge in [0.05, 0.1) is 14.2 Å². The summed E-state index contributed by atoms with van der Waals surface area (Å²) < 4.78 is 10.2. The third-order valence-corrected chi connectivity index (χ3v) is 3.16. The first kappa shape index (κ1) is 15.0. The summed E-state index contributed by atoms with van der Waals surface area (Å²) >= 11 is 0. The van der Waals surface area contributed by atoms with Gasteiger partial charge in [-0.15, -0.1) is 0 Å². The van der Waals surface area contributed by atoms with Crippen molar-refractivity contribution in [3.63, 3.8) is 0 Å². The molecule has 0 aliphatic rings. The highest BCUT2D eigenvalue weighted by atomic mass is 16.5. The molecule has 0 N–H and O–H groups in total. The van der Waals surface area contributed by atoms with Gasteiger partial charge in [-0.25, -0.2) is 0 Å². The molecule has 5 nitrogen and oxygen atoms in total. The van der Waals surface area contributed by atoms with E-state index in [0.29, 0.717) is 22.7 Å². The van der Waals surface area contributed by atoms with Crippen LogP contribution in [0.4, 0.5) is 0 Å². The molecule has 0 atom stereocenters. The summed E-state index contributed by atoms with van der Waals surface area (Å²) in [5.41, 5.74) is 3.55. The van der Waals surface area contributed by atoms with E-state index < -0.39 is 0 Å². The Morgan fingerprint density at radius 1 is 0.952 bits per heavy atom. The minimum absolute atomic E-state index is 0.116. The van der Waals surface area contributed by atoms with E-state index in [1.165, 1.54) is 14.2 Å². The number of rotatable bonds is 4. The SMILES string of the molecule is COc1nc(OC)c(C)c(C(=O)c2cc(C)cc(C)c2)n1. The number of hydrogen-bond donors (Lipinski definition) is 0. The monoisotopic (exact) mass is 286 g/mol. The predicted octanol–water partition coefficient (Wildman–Crippen LogP) is 2.65. The van der Waals surface area contributed by atoms with Crippen LogP contribution in [0.2, 0.25) is 0 Å². The molecule has 0 aliphatic carbocycles. The van der Waals surface area contributed by atoms with Gasteiger partial charge in [-0.2, -0.15) is 9.97 Å². The lowest BCUT2D eigenvalue weighted by Gasteiger charge is -2.10. The van der Waals surface area contributed by atoms with Crippen molar-refractivity contribution in [2.75, 3.05) is 14.2 Å². The van der Waals surface area contributed by atoms with Crippen molar-refractivity contribution in [2.45, 2.75) is 20.8 Å². The van der Waals surface area contributed by atoms with Gasteiger partial charge in [0.1, 0.15) is 5.69 Å². The lowest BCUT2D eigenvalue weighted by molar-refractivity contribution is 0.103. The topological polar surface area (TPSA) is 61.3 Å². The molecule has 1 heterocycles. The molecule has 0 aliphatic heterocycles. The molecular weight excluding hydrogens is 268 g/mol. The van der Waals surface area contributed by atoms with E-state index in [9.17, 15) is 4.79 Å². The second-order valence-electron chi connectivity index (χ2n) is 4.90. The summed E-state index contributed by atoms with van der Waals surface area (Å²) in [5.74, 6) is 0.174. The third kappa shape index (κ3) is 3.02. The Bertz CT molecular complexity index is 676. The molecule has 2 aromatic rings. The first-order chi connectivity index (χ1) is 9.96. The largest absolute Gasteiger partial charge is 0.481 e. The Balaban J connectivity index is 2.57. The molecule has 1 aromatic heterocycles. The molecule has 0 radical (unpaired) electrons. The van der Waals surface area contributed by atoms with Crippen LogP contribution in [0, 0.1) is 20.8 Å². The number of aryl methyl sites for hydroxylation is 2. The van der Waals surface area contributed by atoms with E-state index in [1.54, 1.807) is 6.92 Å². The quantitative estimate of drug-likeness (QED) is 0.809. The molecule has 21 heavy (non-hydrogen) atoms. The van der Waals surface area contributed by atoms with Gasteiger partial charge < -0.3 is 9.47 Å². The summed E-state index contributed by atoms with van der Waals surface area (Å²) in [6.07, 6.45) is 0. The fraction of sp³-hybridized carbons (Fsp3) is 0.312. The number of carbonyl (C=O) groups excluding carboxylic acids is 1. The summed E-state index contributed by atoms with van der Waals surface area (Å²) in [6, 6.07) is 5.82. The van der Waals surface area contributed by atoms with Crippen LogP contribution in [0.15, 0.2) is 18.2 Å². The lowest BCUT2D eigenvalue weighted by atomic mass is 10.0. The molecule has 0 saturated heterocycles. The second kappa shape index (κ2) is 5.91. The lowest BCUT2D eigenvalue weighted by Crippen LogP contribution is -2.11. The number of methoxy groups -OCH3 is 2. The smallest absolute Gasteiger partial charge is 0.320 e. The zero-order valence-electron chi connectivity index (χ0n) is 12.9. The Hall–Kier alpha value is -2.43. The average molecular weight is 286 g/mol. The number of ketones is 1. The van der Waals surface area contributed by atoms with Gasteiger partial charge in [0.2, 0.25) is 11.7 Å². The number of benzene rings is 1.